The number of benzene rings is 1. The fourth-order valence-corrected chi connectivity index (χ4v) is 2.84. The minimum absolute atomic E-state index is 0.0879. The number of nitriles is 1. The van der Waals surface area contributed by atoms with Gasteiger partial charge in [-0.3, -0.25) is 0 Å². The van der Waals surface area contributed by atoms with Crippen molar-refractivity contribution in [2.24, 2.45) is 0 Å². The van der Waals surface area contributed by atoms with Crippen LogP contribution in [0.4, 0.5) is 0 Å². The summed E-state index contributed by atoms with van der Waals surface area (Å²) >= 11 is 3.08. The van der Waals surface area contributed by atoms with Crippen molar-refractivity contribution < 1.29 is 0 Å². The van der Waals surface area contributed by atoms with Crippen molar-refractivity contribution in [2.75, 3.05) is 5.75 Å². The van der Waals surface area contributed by atoms with Crippen molar-refractivity contribution in [1.29, 1.82) is 5.26 Å². The summed E-state index contributed by atoms with van der Waals surface area (Å²) in [4.78, 5) is 0. The van der Waals surface area contributed by atoms with E-state index in [9.17, 15) is 0 Å². The van der Waals surface area contributed by atoms with E-state index in [0.717, 1.165) is 15.7 Å². The summed E-state index contributed by atoms with van der Waals surface area (Å²) in [6.07, 6.45) is 0. The van der Waals surface area contributed by atoms with Crippen LogP contribution in [0.15, 0.2) is 40.2 Å². The quantitative estimate of drug-likeness (QED) is 0.779. The predicted molar refractivity (Wildman–Crippen MR) is 65.4 cm³/mol. The van der Waals surface area contributed by atoms with Gasteiger partial charge in [-0.1, -0.05) is 53.4 Å². The molecule has 80 valence electrons. The Hall–Kier alpha value is -1.38. The average Bonchev–Trinajstić information content (AvgIpc) is 2.84. The second-order valence-electron chi connectivity index (χ2n) is 3.11. The smallest absolute Gasteiger partial charge is 0.174 e. The molecule has 0 spiro atoms. The van der Waals surface area contributed by atoms with Crippen molar-refractivity contribution in [3.05, 3.63) is 41.4 Å². The molecule has 0 saturated carbocycles. The van der Waals surface area contributed by atoms with Crippen LogP contribution in [0, 0.1) is 11.3 Å². The molecule has 0 N–H and O–H groups in total. The zero-order valence-corrected chi connectivity index (χ0v) is 10.0. The van der Waals surface area contributed by atoms with Crippen LogP contribution < -0.4 is 0 Å². The van der Waals surface area contributed by atoms with Gasteiger partial charge in [-0.25, -0.2) is 0 Å². The highest BCUT2D eigenvalue weighted by molar-refractivity contribution is 8.01. The van der Waals surface area contributed by atoms with Crippen LogP contribution in [0.1, 0.15) is 11.5 Å². The summed E-state index contributed by atoms with van der Waals surface area (Å²) in [6.45, 7) is 0. The standard InChI is InChI=1S/C11H9N3S2/c12-6-10(9-4-2-1-3-5-9)7-15-11-14-13-8-16-11/h1-5,8,10H,7H2. The average molecular weight is 247 g/mol. The molecule has 3 nitrogen and oxygen atoms in total. The van der Waals surface area contributed by atoms with Gasteiger partial charge in [0, 0.05) is 5.75 Å². The molecule has 0 amide bonds. The van der Waals surface area contributed by atoms with E-state index < -0.39 is 0 Å². The van der Waals surface area contributed by atoms with Gasteiger partial charge in [0.1, 0.15) is 5.51 Å². The molecule has 0 radical (unpaired) electrons. The van der Waals surface area contributed by atoms with E-state index in [-0.39, 0.29) is 5.92 Å². The zero-order valence-electron chi connectivity index (χ0n) is 8.41. The Morgan fingerprint density at radius 3 is 2.81 bits per heavy atom. The molecule has 2 aromatic rings. The van der Waals surface area contributed by atoms with E-state index in [1.165, 1.54) is 11.3 Å². The van der Waals surface area contributed by atoms with Gasteiger partial charge in [0.25, 0.3) is 0 Å². The fraction of sp³-hybridized carbons (Fsp3) is 0.182. The Balaban J connectivity index is 2.00. The number of aromatic nitrogens is 2. The number of rotatable bonds is 4. The van der Waals surface area contributed by atoms with E-state index >= 15 is 0 Å². The lowest BCUT2D eigenvalue weighted by molar-refractivity contribution is 0.980. The van der Waals surface area contributed by atoms with E-state index in [4.69, 9.17) is 5.26 Å². The molecule has 1 unspecified atom stereocenters. The fourth-order valence-electron chi connectivity index (χ4n) is 1.27. The lowest BCUT2D eigenvalue weighted by atomic mass is 10.0. The molecule has 0 aliphatic heterocycles. The Morgan fingerprint density at radius 1 is 1.38 bits per heavy atom. The second kappa shape index (κ2) is 5.64. The van der Waals surface area contributed by atoms with Crippen LogP contribution in [0.25, 0.3) is 0 Å². The molecule has 0 aliphatic carbocycles. The largest absolute Gasteiger partial charge is 0.198 e. The van der Waals surface area contributed by atoms with Gasteiger partial charge in [0.15, 0.2) is 4.34 Å². The van der Waals surface area contributed by atoms with Gasteiger partial charge >= 0.3 is 0 Å². The summed E-state index contributed by atoms with van der Waals surface area (Å²) in [6, 6.07) is 12.1. The first-order valence-electron chi connectivity index (χ1n) is 4.73. The molecule has 0 aliphatic rings. The third-order valence-electron chi connectivity index (χ3n) is 2.07. The van der Waals surface area contributed by atoms with Crippen molar-refractivity contribution in [2.45, 2.75) is 10.3 Å². The topological polar surface area (TPSA) is 49.6 Å². The van der Waals surface area contributed by atoms with Crippen molar-refractivity contribution in [3.63, 3.8) is 0 Å². The Labute approximate surface area is 102 Å². The molecule has 5 heteroatoms. The Kier molecular flexibility index (Phi) is 3.91. The molecule has 16 heavy (non-hydrogen) atoms. The van der Waals surface area contributed by atoms with Crippen molar-refractivity contribution in [3.8, 4) is 6.07 Å². The summed E-state index contributed by atoms with van der Waals surface area (Å²) in [5, 5.41) is 16.8. The highest BCUT2D eigenvalue weighted by Gasteiger charge is 2.11. The highest BCUT2D eigenvalue weighted by Crippen LogP contribution is 2.26. The van der Waals surface area contributed by atoms with Crippen LogP contribution in [0.3, 0.4) is 0 Å². The summed E-state index contributed by atoms with van der Waals surface area (Å²) in [7, 11) is 0. The van der Waals surface area contributed by atoms with Crippen LogP contribution in [-0.4, -0.2) is 16.0 Å². The van der Waals surface area contributed by atoms with Gasteiger partial charge in [0.05, 0.1) is 12.0 Å². The molecule has 1 aromatic heterocycles. The molecule has 1 heterocycles. The third-order valence-corrected chi connectivity index (χ3v) is 4.03. The first-order chi connectivity index (χ1) is 7.90. The van der Waals surface area contributed by atoms with E-state index in [1.807, 2.05) is 30.3 Å². The molecule has 0 bridgehead atoms. The minimum atomic E-state index is -0.0879. The maximum absolute atomic E-state index is 9.11. The lowest BCUT2D eigenvalue weighted by Gasteiger charge is -2.06. The van der Waals surface area contributed by atoms with Gasteiger partial charge in [-0.2, -0.15) is 5.26 Å². The minimum Gasteiger partial charge on any atom is -0.198 e. The number of nitrogens with zero attached hydrogens (tertiary/aromatic N) is 3. The van der Waals surface area contributed by atoms with Gasteiger partial charge in [-0.15, -0.1) is 10.2 Å². The third kappa shape index (κ3) is 2.81. The van der Waals surface area contributed by atoms with Crippen LogP contribution >= 0.6 is 23.1 Å². The number of hydrogen-bond acceptors (Lipinski definition) is 5. The first kappa shape index (κ1) is 11.1. The Bertz CT molecular complexity index is 462. The number of thioether (sulfide) groups is 1. The molecule has 1 atom stereocenters. The van der Waals surface area contributed by atoms with Crippen LogP contribution in [-0.2, 0) is 0 Å². The van der Waals surface area contributed by atoms with Crippen molar-refractivity contribution in [1.82, 2.24) is 10.2 Å². The SMILES string of the molecule is N#CC(CSc1nncs1)c1ccccc1. The second-order valence-corrected chi connectivity index (χ2v) is 5.21. The van der Waals surface area contributed by atoms with Crippen molar-refractivity contribution >= 4 is 23.1 Å². The van der Waals surface area contributed by atoms with E-state index in [0.29, 0.717) is 0 Å². The summed E-state index contributed by atoms with van der Waals surface area (Å²) < 4.78 is 0.913. The zero-order chi connectivity index (χ0) is 11.2. The van der Waals surface area contributed by atoms with Gasteiger partial charge in [-0.05, 0) is 5.56 Å². The molecular weight excluding hydrogens is 238 g/mol. The van der Waals surface area contributed by atoms with E-state index in [1.54, 1.807) is 17.3 Å². The number of hydrogen-bond donors (Lipinski definition) is 0. The van der Waals surface area contributed by atoms with Gasteiger partial charge < -0.3 is 0 Å². The summed E-state index contributed by atoms with van der Waals surface area (Å²) in [5.41, 5.74) is 2.76. The Morgan fingerprint density at radius 2 is 2.19 bits per heavy atom. The monoisotopic (exact) mass is 247 g/mol. The first-order valence-corrected chi connectivity index (χ1v) is 6.60. The lowest BCUT2D eigenvalue weighted by Crippen LogP contribution is -1.98. The molecule has 1 aromatic carbocycles. The van der Waals surface area contributed by atoms with Gasteiger partial charge in [0.2, 0.25) is 0 Å². The normalized spacial score (nSPS) is 11.9. The summed E-state index contributed by atoms with van der Waals surface area (Å²) in [5.74, 6) is 0.630. The van der Waals surface area contributed by atoms with Crippen LogP contribution in [0.5, 0.6) is 0 Å². The molecule has 0 saturated heterocycles. The maximum Gasteiger partial charge on any atom is 0.174 e. The predicted octanol–water partition coefficient (Wildman–Crippen LogP) is 2.94. The van der Waals surface area contributed by atoms with E-state index in [2.05, 4.69) is 16.3 Å². The highest BCUT2D eigenvalue weighted by atomic mass is 32.2. The molecular formula is C11H9N3S2. The molecule has 2 rings (SSSR count). The molecule has 0 fully saturated rings. The maximum atomic E-state index is 9.11. The van der Waals surface area contributed by atoms with Crippen LogP contribution in [0.2, 0.25) is 0 Å².